The van der Waals surface area contributed by atoms with Crippen LogP contribution in [-0.2, 0) is 6.54 Å². The number of aryl methyl sites for hydroxylation is 1. The van der Waals surface area contributed by atoms with Gasteiger partial charge in [0.25, 0.3) is 0 Å². The molecule has 1 N–H and O–H groups in total. The third-order valence-corrected chi connectivity index (χ3v) is 7.86. The molecule has 2 aromatic heterocycles. The van der Waals surface area contributed by atoms with Crippen LogP contribution in [0, 0.1) is 6.92 Å². The number of para-hydroxylation sites is 1. The molecule has 0 bridgehead atoms. The molecule has 3 aromatic carbocycles. The van der Waals surface area contributed by atoms with Gasteiger partial charge in [-0.15, -0.1) is 11.8 Å². The van der Waals surface area contributed by atoms with E-state index in [1.807, 2.05) is 77.2 Å². The van der Waals surface area contributed by atoms with Crippen LogP contribution in [0.2, 0.25) is 0 Å². The highest BCUT2D eigenvalue weighted by Crippen LogP contribution is 2.39. The van der Waals surface area contributed by atoms with Crippen molar-refractivity contribution in [1.82, 2.24) is 19.2 Å². The fourth-order valence-corrected chi connectivity index (χ4v) is 5.56. The second kappa shape index (κ2) is 10.4. The Morgan fingerprint density at radius 2 is 1.72 bits per heavy atom. The largest absolute Gasteiger partial charge is 0.497 e. The minimum atomic E-state index is -0.315. The van der Waals surface area contributed by atoms with Crippen LogP contribution in [0.25, 0.3) is 11.5 Å². The zero-order chi connectivity index (χ0) is 26.9. The van der Waals surface area contributed by atoms with Crippen LogP contribution in [0.3, 0.4) is 0 Å². The van der Waals surface area contributed by atoms with E-state index < -0.39 is 0 Å². The number of methoxy groups -OCH3 is 1. The minimum absolute atomic E-state index is 0.188. The molecule has 8 heteroatoms. The van der Waals surface area contributed by atoms with Crippen molar-refractivity contribution in [2.24, 2.45) is 0 Å². The first-order valence-electron chi connectivity index (χ1n) is 12.7. The summed E-state index contributed by atoms with van der Waals surface area (Å²) in [7, 11) is 1.63. The summed E-state index contributed by atoms with van der Waals surface area (Å²) in [5, 5.41) is 8.04. The zero-order valence-electron chi connectivity index (χ0n) is 22.0. The number of urea groups is 1. The summed E-state index contributed by atoms with van der Waals surface area (Å²) in [6, 6.07) is 29.6. The van der Waals surface area contributed by atoms with Gasteiger partial charge in [-0.25, -0.2) is 9.48 Å². The number of nitrogens with zero attached hydrogens (tertiary/aromatic N) is 4. The van der Waals surface area contributed by atoms with Crippen molar-refractivity contribution in [3.8, 4) is 17.3 Å². The molecule has 3 heterocycles. The van der Waals surface area contributed by atoms with Crippen molar-refractivity contribution in [3.05, 3.63) is 120 Å². The molecule has 6 rings (SSSR count). The molecule has 0 spiro atoms. The summed E-state index contributed by atoms with van der Waals surface area (Å²) in [5.74, 6) is 1.69. The van der Waals surface area contributed by atoms with Gasteiger partial charge in [0.2, 0.25) is 0 Å². The average molecular weight is 536 g/mol. The van der Waals surface area contributed by atoms with Crippen molar-refractivity contribution < 1.29 is 9.53 Å². The molecule has 1 aliphatic rings. The predicted molar refractivity (Wildman–Crippen MR) is 155 cm³/mol. The van der Waals surface area contributed by atoms with Crippen molar-refractivity contribution in [2.45, 2.75) is 24.4 Å². The number of hydrogen-bond acceptors (Lipinski definition) is 4. The molecule has 5 aromatic rings. The van der Waals surface area contributed by atoms with Gasteiger partial charge in [-0.1, -0.05) is 30.3 Å². The number of fused-ring (bicyclic) bond motifs is 3. The maximum absolute atomic E-state index is 14.1. The minimum Gasteiger partial charge on any atom is -0.497 e. The van der Waals surface area contributed by atoms with E-state index in [4.69, 9.17) is 9.84 Å². The van der Waals surface area contributed by atoms with E-state index in [0.717, 1.165) is 39.8 Å². The quantitative estimate of drug-likeness (QED) is 0.250. The average Bonchev–Trinajstić information content (AvgIpc) is 3.54. The fourth-order valence-electron chi connectivity index (χ4n) is 5.16. The first-order valence-corrected chi connectivity index (χ1v) is 14.0. The molecule has 1 atom stereocenters. The van der Waals surface area contributed by atoms with Crippen LogP contribution in [0.5, 0.6) is 5.75 Å². The second-order valence-electron chi connectivity index (χ2n) is 9.40. The SMILES string of the molecule is COc1ccc(NC(=O)N2Cc3c(C)nn(-c4ccccc4)c3-n3cccc3[C@@H]2c2ccc(SC)cc2)cc1. The van der Waals surface area contributed by atoms with Crippen molar-refractivity contribution in [3.63, 3.8) is 0 Å². The molecule has 0 fully saturated rings. The summed E-state index contributed by atoms with van der Waals surface area (Å²) < 4.78 is 9.44. The van der Waals surface area contributed by atoms with Gasteiger partial charge in [0.1, 0.15) is 11.6 Å². The molecule has 0 radical (unpaired) electrons. The number of anilines is 1. The summed E-state index contributed by atoms with van der Waals surface area (Å²) >= 11 is 1.70. The molecule has 7 nitrogen and oxygen atoms in total. The summed E-state index contributed by atoms with van der Waals surface area (Å²) in [4.78, 5) is 17.1. The third-order valence-electron chi connectivity index (χ3n) is 7.12. The Balaban J connectivity index is 1.50. The normalized spacial score (nSPS) is 14.3. The van der Waals surface area contributed by atoms with E-state index >= 15 is 0 Å². The van der Waals surface area contributed by atoms with Crippen LogP contribution in [0.15, 0.2) is 102 Å². The van der Waals surface area contributed by atoms with E-state index in [0.29, 0.717) is 12.2 Å². The lowest BCUT2D eigenvalue weighted by atomic mass is 10.0. The molecular weight excluding hydrogens is 506 g/mol. The summed E-state index contributed by atoms with van der Waals surface area (Å²) in [5.41, 5.74) is 5.60. The number of rotatable bonds is 5. The number of hydrogen-bond donors (Lipinski definition) is 1. The highest BCUT2D eigenvalue weighted by atomic mass is 32.2. The first kappa shape index (κ1) is 24.9. The van der Waals surface area contributed by atoms with Crippen LogP contribution in [0.4, 0.5) is 10.5 Å². The van der Waals surface area contributed by atoms with E-state index in [2.05, 4.69) is 52.7 Å². The van der Waals surface area contributed by atoms with Gasteiger partial charge in [-0.2, -0.15) is 5.10 Å². The second-order valence-corrected chi connectivity index (χ2v) is 10.3. The Kier molecular flexibility index (Phi) is 6.62. The van der Waals surface area contributed by atoms with Crippen molar-refractivity contribution >= 4 is 23.5 Å². The summed E-state index contributed by atoms with van der Waals surface area (Å²) in [6.07, 6.45) is 4.12. The molecule has 1 aliphatic heterocycles. The maximum atomic E-state index is 14.1. The Labute approximate surface area is 232 Å². The van der Waals surface area contributed by atoms with Gasteiger partial charge in [-0.3, -0.25) is 0 Å². The standard InChI is InChI=1S/C31H29N5O2S/c1-21-27-20-35(31(37)32-23-13-15-25(38-2)16-14-23)29(22-11-17-26(39-3)18-12-22)28-10-7-19-34(28)30(27)36(33-21)24-8-5-4-6-9-24/h4-19,29H,20H2,1-3H3,(H,32,37)/t29-/m0/s1. The predicted octanol–water partition coefficient (Wildman–Crippen LogP) is 6.84. The monoisotopic (exact) mass is 535 g/mol. The van der Waals surface area contributed by atoms with Crippen LogP contribution < -0.4 is 10.1 Å². The molecular formula is C31H29N5O2S. The smallest absolute Gasteiger partial charge is 0.322 e. The van der Waals surface area contributed by atoms with Crippen LogP contribution >= 0.6 is 11.8 Å². The highest BCUT2D eigenvalue weighted by Gasteiger charge is 2.36. The van der Waals surface area contributed by atoms with E-state index in [1.54, 1.807) is 18.9 Å². The number of carbonyl (C=O) groups excluding carboxylic acids is 1. The molecule has 0 saturated heterocycles. The maximum Gasteiger partial charge on any atom is 0.322 e. The number of benzene rings is 3. The summed E-state index contributed by atoms with van der Waals surface area (Å²) in [6.45, 7) is 2.40. The van der Waals surface area contributed by atoms with E-state index in [9.17, 15) is 4.79 Å². The van der Waals surface area contributed by atoms with E-state index in [1.165, 1.54) is 4.90 Å². The number of ether oxygens (including phenoxy) is 1. The highest BCUT2D eigenvalue weighted by molar-refractivity contribution is 7.98. The number of thioether (sulfide) groups is 1. The van der Waals surface area contributed by atoms with Gasteiger partial charge in [-0.05, 0) is 79.4 Å². The van der Waals surface area contributed by atoms with Crippen LogP contribution in [0.1, 0.15) is 28.6 Å². The van der Waals surface area contributed by atoms with E-state index in [-0.39, 0.29) is 12.1 Å². The number of amides is 2. The molecule has 0 unspecified atom stereocenters. The lowest BCUT2D eigenvalue weighted by molar-refractivity contribution is 0.194. The van der Waals surface area contributed by atoms with Gasteiger partial charge in [0.15, 0.2) is 0 Å². The van der Waals surface area contributed by atoms with Gasteiger partial charge < -0.3 is 19.5 Å². The Bertz CT molecular complexity index is 1610. The Morgan fingerprint density at radius 1 is 0.974 bits per heavy atom. The Hall–Kier alpha value is -4.43. The van der Waals surface area contributed by atoms with Gasteiger partial charge in [0, 0.05) is 22.3 Å². The molecule has 2 amide bonds. The molecule has 39 heavy (non-hydrogen) atoms. The fraction of sp³-hybridized carbons (Fsp3) is 0.161. The van der Waals surface area contributed by atoms with Gasteiger partial charge in [0.05, 0.1) is 36.8 Å². The van der Waals surface area contributed by atoms with Crippen molar-refractivity contribution in [1.29, 1.82) is 0 Å². The van der Waals surface area contributed by atoms with Crippen LogP contribution in [-0.4, -0.2) is 38.6 Å². The lowest BCUT2D eigenvalue weighted by Crippen LogP contribution is -2.38. The van der Waals surface area contributed by atoms with Gasteiger partial charge >= 0.3 is 6.03 Å². The number of carbonyl (C=O) groups is 1. The Morgan fingerprint density at radius 3 is 2.41 bits per heavy atom. The number of aromatic nitrogens is 3. The zero-order valence-corrected chi connectivity index (χ0v) is 22.9. The topological polar surface area (TPSA) is 64.3 Å². The van der Waals surface area contributed by atoms with Crippen molar-refractivity contribution in [2.75, 3.05) is 18.7 Å². The molecule has 0 aliphatic carbocycles. The third kappa shape index (κ3) is 4.57. The number of nitrogens with one attached hydrogen (secondary N) is 1. The molecule has 196 valence electrons. The first-order chi connectivity index (χ1) is 19.1. The molecule has 0 saturated carbocycles. The lowest BCUT2D eigenvalue weighted by Gasteiger charge is -2.31.